The molecular weight excluding hydrogens is 116 g/mol. The van der Waals surface area contributed by atoms with Gasteiger partial charge in [0.25, 0.3) is 0 Å². The maximum atomic E-state index is 0. The zero-order valence-electron chi connectivity index (χ0n) is 2.23. The third-order valence-electron chi connectivity index (χ3n) is 0. The van der Waals surface area contributed by atoms with E-state index >= 15 is 0 Å². The van der Waals surface area contributed by atoms with E-state index in [4.69, 9.17) is 0 Å². The minimum Gasteiger partial charge on any atom is -0.344 e. The summed E-state index contributed by atoms with van der Waals surface area (Å²) in [4.78, 5) is 0. The van der Waals surface area contributed by atoms with Crippen molar-refractivity contribution in [2.45, 2.75) is 0 Å². The monoisotopic (exact) mass is 123 g/mol. The molecule has 1 unspecified atom stereocenters. The van der Waals surface area contributed by atoms with E-state index in [2.05, 4.69) is 0 Å². The summed E-state index contributed by atoms with van der Waals surface area (Å²) in [6.45, 7) is 0. The average Bonchev–Trinajstić information content (AvgIpc) is 0. The van der Waals surface area contributed by atoms with Crippen molar-refractivity contribution in [1.82, 2.24) is 6.15 Å². The maximum absolute atomic E-state index is 0. The first-order valence-electron chi connectivity index (χ1n) is 0. The molecule has 0 aliphatic carbocycles. The highest BCUT2D eigenvalue weighted by Gasteiger charge is -0.145. The summed E-state index contributed by atoms with van der Waals surface area (Å²) in [6.07, 6.45) is 0. The van der Waals surface area contributed by atoms with E-state index in [1.165, 1.54) is 0 Å². The van der Waals surface area contributed by atoms with Crippen LogP contribution < -0.4 is 6.15 Å². The second-order valence-corrected chi connectivity index (χ2v) is 0. The van der Waals surface area contributed by atoms with Gasteiger partial charge in [0.05, 0.1) is 0 Å². The Balaban J connectivity index is 0. The van der Waals surface area contributed by atoms with Crippen molar-refractivity contribution in [3.05, 3.63) is 0 Å². The molecule has 0 aromatic heterocycles. The summed E-state index contributed by atoms with van der Waals surface area (Å²) in [5.74, 6) is 0. The topological polar surface area (TPSA) is 35.0 Å². The molecule has 0 radical (unpaired) electrons. The first-order valence-corrected chi connectivity index (χ1v) is 0. The highest BCUT2D eigenvalue weighted by Crippen LogP contribution is 0.861. The normalized spacial score (nSPS) is 0. The fourth-order valence-electron chi connectivity index (χ4n) is 0. The van der Waals surface area contributed by atoms with Gasteiger partial charge in [0.2, 0.25) is 0 Å². The van der Waals surface area contributed by atoms with Crippen molar-refractivity contribution in [3.63, 3.8) is 0 Å². The van der Waals surface area contributed by atoms with Crippen LogP contribution in [-0.2, 0) is 0 Å². The Morgan fingerprint density at radius 2 is 0.750 bits per heavy atom. The SMILES string of the molecule is Cl.Cl.N.P. The van der Waals surface area contributed by atoms with Gasteiger partial charge in [-0.3, -0.25) is 0 Å². The predicted octanol–water partition coefficient (Wildman–Crippen LogP) is 1.06. The van der Waals surface area contributed by atoms with Gasteiger partial charge in [-0.15, -0.1) is 24.8 Å². The molecule has 0 amide bonds. The predicted molar refractivity (Wildman–Crippen MR) is 30.6 cm³/mol. The van der Waals surface area contributed by atoms with Gasteiger partial charge in [-0.1, -0.05) is 0 Å². The first-order chi connectivity index (χ1) is 0. The lowest BCUT2D eigenvalue weighted by molar-refractivity contribution is 2.13. The second-order valence-electron chi connectivity index (χ2n) is 0. The Bertz CT molecular complexity index is 6.00. The number of rotatable bonds is 0. The van der Waals surface area contributed by atoms with Crippen LogP contribution in [0.3, 0.4) is 0 Å². The summed E-state index contributed by atoms with van der Waals surface area (Å²) in [5, 5.41) is 0. The summed E-state index contributed by atoms with van der Waals surface area (Å²) in [5.41, 5.74) is 0. The molecular formula is H8Cl2NP. The van der Waals surface area contributed by atoms with Crippen LogP contribution in [0.25, 0.3) is 0 Å². The van der Waals surface area contributed by atoms with Crippen molar-refractivity contribution in [3.8, 4) is 0 Å². The molecule has 0 heterocycles. The van der Waals surface area contributed by atoms with Crippen LogP contribution in [0.15, 0.2) is 0 Å². The molecule has 0 aromatic carbocycles. The van der Waals surface area contributed by atoms with E-state index in [0.29, 0.717) is 0 Å². The molecule has 0 aliphatic heterocycles. The van der Waals surface area contributed by atoms with Gasteiger partial charge in [-0.25, -0.2) is 0 Å². The van der Waals surface area contributed by atoms with E-state index in [-0.39, 0.29) is 40.9 Å². The maximum Gasteiger partial charge on any atom is -0.147 e. The molecule has 0 saturated carbocycles. The minimum atomic E-state index is 0. The average molecular weight is 124 g/mol. The van der Waals surface area contributed by atoms with Gasteiger partial charge in [0, 0.05) is 0 Å². The van der Waals surface area contributed by atoms with E-state index in [9.17, 15) is 0 Å². The second kappa shape index (κ2) is 37.2. The summed E-state index contributed by atoms with van der Waals surface area (Å²) in [6, 6.07) is 0. The van der Waals surface area contributed by atoms with Crippen molar-refractivity contribution in [2.24, 2.45) is 0 Å². The number of hydrogen-bond donors (Lipinski definition) is 1. The van der Waals surface area contributed by atoms with Crippen LogP contribution in [0, 0.1) is 0 Å². The summed E-state index contributed by atoms with van der Waals surface area (Å²) in [7, 11) is 0. The molecule has 0 aliphatic rings. The van der Waals surface area contributed by atoms with E-state index in [1.807, 2.05) is 0 Å². The standard InChI is InChI=1S/2ClH.H3N.H3P/h2*1H;2*1H3. The van der Waals surface area contributed by atoms with Crippen LogP contribution >= 0.6 is 34.7 Å². The third kappa shape index (κ3) is 12.3. The zero-order valence-corrected chi connectivity index (χ0v) is 5.28. The molecule has 4 heteroatoms. The first kappa shape index (κ1) is 83.3. The smallest absolute Gasteiger partial charge is 0.147 e. The van der Waals surface area contributed by atoms with Gasteiger partial charge < -0.3 is 6.15 Å². The van der Waals surface area contributed by atoms with Crippen molar-refractivity contribution < 1.29 is 0 Å². The van der Waals surface area contributed by atoms with Gasteiger partial charge in [0.15, 0.2) is 0 Å². The molecule has 32 valence electrons. The zero-order chi connectivity index (χ0) is 0. The largest absolute Gasteiger partial charge is 0.344 e. The fourth-order valence-corrected chi connectivity index (χ4v) is 0. The molecule has 0 fully saturated rings. The fraction of sp³-hybridized carbons (Fsp3) is 0. The van der Waals surface area contributed by atoms with Crippen LogP contribution in [0.4, 0.5) is 0 Å². The van der Waals surface area contributed by atoms with Crippen LogP contribution in [0.5, 0.6) is 0 Å². The van der Waals surface area contributed by atoms with Gasteiger partial charge in [-0.05, 0) is 0 Å². The van der Waals surface area contributed by atoms with E-state index < -0.39 is 0 Å². The molecule has 1 atom stereocenters. The third-order valence-corrected chi connectivity index (χ3v) is 0. The molecule has 0 rings (SSSR count). The van der Waals surface area contributed by atoms with E-state index in [1.54, 1.807) is 0 Å². The molecule has 0 spiro atoms. The molecule has 3 N–H and O–H groups in total. The Morgan fingerprint density at radius 3 is 0.750 bits per heavy atom. The summed E-state index contributed by atoms with van der Waals surface area (Å²) >= 11 is 0. The molecule has 0 bridgehead atoms. The summed E-state index contributed by atoms with van der Waals surface area (Å²) < 4.78 is 0. The Labute approximate surface area is 41.6 Å². The van der Waals surface area contributed by atoms with E-state index in [0.717, 1.165) is 0 Å². The van der Waals surface area contributed by atoms with Crippen molar-refractivity contribution in [2.75, 3.05) is 0 Å². The number of halogens is 2. The van der Waals surface area contributed by atoms with Crippen molar-refractivity contribution in [1.29, 1.82) is 0 Å². The quantitative estimate of drug-likeness (QED) is 0.481. The molecule has 0 aromatic rings. The molecule has 1 nitrogen and oxygen atoms in total. The van der Waals surface area contributed by atoms with Gasteiger partial charge >= 0.3 is 0 Å². The minimum absolute atomic E-state index is 0. The lowest BCUT2D eigenvalue weighted by Crippen LogP contribution is -0.481. The highest BCUT2D eigenvalue weighted by atomic mass is 35.5. The van der Waals surface area contributed by atoms with Gasteiger partial charge in [-0.2, -0.15) is 9.90 Å². The lowest BCUT2D eigenvalue weighted by Gasteiger charge is -0.344. The van der Waals surface area contributed by atoms with Crippen LogP contribution in [-0.4, -0.2) is 0 Å². The number of hydrogen-bond acceptors (Lipinski definition) is 1. The molecule has 4 heavy (non-hydrogen) atoms. The molecule has 0 saturated heterocycles. The van der Waals surface area contributed by atoms with Crippen LogP contribution in [0.1, 0.15) is 0 Å². The Morgan fingerprint density at radius 1 is 0.750 bits per heavy atom. The lowest BCUT2D eigenvalue weighted by atomic mass is 14.0. The Hall–Kier alpha value is 0.970. The van der Waals surface area contributed by atoms with Gasteiger partial charge in [0.1, 0.15) is 0 Å². The highest BCUT2D eigenvalue weighted by molar-refractivity contribution is 6.92. The Kier molecular flexibility index (Phi) is 775. The van der Waals surface area contributed by atoms with Crippen LogP contribution in [0.2, 0.25) is 0 Å². The van der Waals surface area contributed by atoms with Crippen molar-refractivity contribution >= 4 is 34.7 Å².